The van der Waals surface area contributed by atoms with Crippen LogP contribution in [0.2, 0.25) is 0 Å². The number of ketones is 1. The quantitative estimate of drug-likeness (QED) is 0.0182. The van der Waals surface area contributed by atoms with Gasteiger partial charge in [-0.05, 0) is 84.1 Å². The van der Waals surface area contributed by atoms with Crippen molar-refractivity contribution in [1.29, 1.82) is 16.2 Å². The summed E-state index contributed by atoms with van der Waals surface area (Å²) in [4.78, 5) is 121. The van der Waals surface area contributed by atoms with Gasteiger partial charge in [-0.15, -0.1) is 0 Å². The van der Waals surface area contributed by atoms with Crippen molar-refractivity contribution in [2.24, 2.45) is 22.9 Å². The van der Waals surface area contributed by atoms with E-state index >= 15 is 0 Å². The van der Waals surface area contributed by atoms with Gasteiger partial charge in [0.25, 0.3) is 0 Å². The number of rotatable bonds is 49. The highest BCUT2D eigenvalue weighted by Gasteiger charge is 2.34. The molecule has 0 aromatic rings. The van der Waals surface area contributed by atoms with Gasteiger partial charge in [-0.3, -0.25) is 59.4 Å². The second kappa shape index (κ2) is 45.8. The standard InChI is InChI=1S/C52H99N17O12/c1-3-4-5-6-7-8-9-10-11-12-13-14-15-25-42(73)63-41(33-71)49(81)67-37(23-19-30-61-51(56)57)46(78)68-39(26-27-43(74)75)48(80)64-35(21-16-17-28-53)44(76)65-36(22-18-29-60-50(54)55)45(77)66-38(24-20-31-62-52(58)59)47(79)69-40(32-70)34(2)72/h35-41,70-71H,3-33,53H2,1-2H3,(H,63,73)(H,64,80)(H,65,76)(H,66,77)(H,67,81)(H,68,78)(H,69,79)(H,74,75)(H4,54,55,60)(H4,56,57,61)(H4,58,59,62)/t35-,36-,37-,38-,39-,40-,41-/m0/s1. The summed E-state index contributed by atoms with van der Waals surface area (Å²) in [7, 11) is 0. The Kier molecular flexibility index (Phi) is 41.9. The van der Waals surface area contributed by atoms with Crippen LogP contribution in [0.3, 0.4) is 0 Å². The van der Waals surface area contributed by atoms with Gasteiger partial charge in [-0.25, -0.2) is 0 Å². The van der Waals surface area contributed by atoms with E-state index in [4.69, 9.17) is 39.2 Å². The third kappa shape index (κ3) is 37.6. The van der Waals surface area contributed by atoms with E-state index in [1.54, 1.807) is 0 Å². The third-order valence-electron chi connectivity index (χ3n) is 13.0. The first kappa shape index (κ1) is 74.1. The van der Waals surface area contributed by atoms with Crippen LogP contribution in [0.4, 0.5) is 0 Å². The average Bonchev–Trinajstić information content (AvgIpc) is 3.41. The summed E-state index contributed by atoms with van der Waals surface area (Å²) in [6, 6.07) is -10.1. The summed E-state index contributed by atoms with van der Waals surface area (Å²) in [5.74, 6) is -9.10. The number of carboxylic acid groups (broad SMARTS) is 1. The molecule has 81 heavy (non-hydrogen) atoms. The van der Waals surface area contributed by atoms with Crippen LogP contribution in [0.1, 0.15) is 174 Å². The fraction of sp³-hybridized carbons (Fsp3) is 0.769. The van der Waals surface area contributed by atoms with Crippen LogP contribution in [0, 0.1) is 16.2 Å². The van der Waals surface area contributed by atoms with Gasteiger partial charge in [-0.1, -0.05) is 84.0 Å². The molecule has 29 heteroatoms. The molecular formula is C52H99N17O12. The van der Waals surface area contributed by atoms with Crippen molar-refractivity contribution in [3.63, 3.8) is 0 Å². The van der Waals surface area contributed by atoms with E-state index in [1.807, 2.05) is 0 Å². The molecule has 0 saturated carbocycles. The fourth-order valence-corrected chi connectivity index (χ4v) is 8.37. The molecule has 0 aromatic carbocycles. The minimum atomic E-state index is -1.65. The molecule has 0 aliphatic carbocycles. The topological polar surface area (TPSA) is 510 Å². The Bertz CT molecular complexity index is 1950. The number of carbonyl (C=O) groups is 9. The van der Waals surface area contributed by atoms with Crippen molar-refractivity contribution in [2.45, 2.75) is 217 Å². The van der Waals surface area contributed by atoms with Crippen molar-refractivity contribution < 1.29 is 58.5 Å². The Labute approximate surface area is 476 Å². The van der Waals surface area contributed by atoms with Crippen LogP contribution >= 0.6 is 0 Å². The number of Topliss-reactive ketones (excluding diaryl/α,β-unsaturated/α-hetero) is 1. The zero-order valence-corrected chi connectivity index (χ0v) is 47.8. The first-order valence-electron chi connectivity index (χ1n) is 28.6. The van der Waals surface area contributed by atoms with Crippen molar-refractivity contribution in [2.75, 3.05) is 39.4 Å². The van der Waals surface area contributed by atoms with Crippen molar-refractivity contribution in [3.05, 3.63) is 0 Å². The maximum absolute atomic E-state index is 14.3. The lowest BCUT2D eigenvalue weighted by Gasteiger charge is -2.28. The lowest BCUT2D eigenvalue weighted by molar-refractivity contribution is -0.139. The fourth-order valence-electron chi connectivity index (χ4n) is 8.37. The monoisotopic (exact) mass is 1150 g/mol. The summed E-state index contributed by atoms with van der Waals surface area (Å²) in [6.07, 6.45) is 14.0. The number of aliphatic hydroxyl groups excluding tert-OH is 2. The molecule has 7 amide bonds. The Hall–Kier alpha value is -6.88. The molecule has 0 aliphatic rings. The summed E-state index contributed by atoms with van der Waals surface area (Å²) >= 11 is 0. The van der Waals surface area contributed by atoms with Crippen LogP contribution in [0.5, 0.6) is 0 Å². The minimum Gasteiger partial charge on any atom is -0.481 e. The number of unbranched alkanes of at least 4 members (excludes halogenated alkanes) is 13. The molecule has 464 valence electrons. The van der Waals surface area contributed by atoms with Gasteiger partial charge in [0.1, 0.15) is 42.3 Å². The largest absolute Gasteiger partial charge is 0.481 e. The maximum Gasteiger partial charge on any atom is 0.303 e. The maximum atomic E-state index is 14.3. The van der Waals surface area contributed by atoms with Crippen LogP contribution in [-0.2, 0) is 43.2 Å². The molecule has 0 rings (SSSR count). The lowest BCUT2D eigenvalue weighted by Crippen LogP contribution is -2.60. The molecule has 0 saturated heterocycles. The van der Waals surface area contributed by atoms with Crippen molar-refractivity contribution in [1.82, 2.24) is 53.2 Å². The Morgan fingerprint density at radius 2 is 0.704 bits per heavy atom. The normalized spacial score (nSPS) is 13.5. The van der Waals surface area contributed by atoms with Gasteiger partial charge in [0.15, 0.2) is 23.7 Å². The molecule has 0 heterocycles. The predicted octanol–water partition coefficient (Wildman–Crippen LogP) is -1.78. The van der Waals surface area contributed by atoms with E-state index in [0.29, 0.717) is 12.8 Å². The summed E-state index contributed by atoms with van der Waals surface area (Å²) in [5.41, 5.74) is 22.0. The van der Waals surface area contributed by atoms with Crippen molar-refractivity contribution >= 4 is 71.0 Å². The van der Waals surface area contributed by atoms with Crippen LogP contribution in [0.15, 0.2) is 0 Å². The van der Waals surface area contributed by atoms with Crippen LogP contribution < -0.4 is 76.1 Å². The molecule has 0 unspecified atom stereocenters. The van der Waals surface area contributed by atoms with Crippen molar-refractivity contribution in [3.8, 4) is 0 Å². The minimum absolute atomic E-state index is 0.0670. The van der Waals surface area contributed by atoms with Gasteiger partial charge in [0.2, 0.25) is 41.4 Å². The highest BCUT2D eigenvalue weighted by molar-refractivity contribution is 5.97. The van der Waals surface area contributed by atoms with Crippen LogP contribution in [0.25, 0.3) is 0 Å². The number of amides is 7. The molecule has 0 bridgehead atoms. The van der Waals surface area contributed by atoms with E-state index in [1.165, 1.54) is 51.4 Å². The Morgan fingerprint density at radius 3 is 1.01 bits per heavy atom. The zero-order valence-electron chi connectivity index (χ0n) is 47.8. The van der Waals surface area contributed by atoms with Crippen LogP contribution in [-0.4, -0.2) is 168 Å². The number of nitrogens with one attached hydrogen (secondary N) is 13. The summed E-state index contributed by atoms with van der Waals surface area (Å²) < 4.78 is 0. The molecule has 0 aromatic heterocycles. The molecule has 29 nitrogen and oxygen atoms in total. The van der Waals surface area contributed by atoms with E-state index in [0.717, 1.165) is 32.6 Å². The predicted molar refractivity (Wildman–Crippen MR) is 306 cm³/mol. The number of aliphatic carboxylic acids is 1. The molecule has 0 spiro atoms. The number of aliphatic hydroxyl groups is 2. The van der Waals surface area contributed by atoms with Gasteiger partial charge in [0, 0.05) is 32.5 Å². The number of carbonyl (C=O) groups excluding carboxylic acids is 8. The molecule has 7 atom stereocenters. The smallest absolute Gasteiger partial charge is 0.303 e. The number of carboxylic acids is 1. The molecule has 24 N–H and O–H groups in total. The van der Waals surface area contributed by atoms with E-state index in [2.05, 4.69) is 60.1 Å². The van der Waals surface area contributed by atoms with Gasteiger partial charge in [-0.2, -0.15) is 0 Å². The number of hydrogen-bond donors (Lipinski definition) is 20. The first-order chi connectivity index (χ1) is 38.6. The van der Waals surface area contributed by atoms with E-state index in [9.17, 15) is 58.5 Å². The average molecular weight is 1150 g/mol. The second-order valence-electron chi connectivity index (χ2n) is 20.1. The molecule has 0 radical (unpaired) electrons. The number of guanidine groups is 3. The molecule has 0 fully saturated rings. The van der Waals surface area contributed by atoms with E-state index in [-0.39, 0.29) is 102 Å². The lowest BCUT2D eigenvalue weighted by atomic mass is 10.0. The number of hydrogen-bond acceptors (Lipinski definition) is 15. The zero-order chi connectivity index (χ0) is 61.0. The summed E-state index contributed by atoms with van der Waals surface area (Å²) in [5, 5.41) is 77.3. The molecular weight excluding hydrogens is 1050 g/mol. The van der Waals surface area contributed by atoms with Gasteiger partial charge >= 0.3 is 5.97 Å². The summed E-state index contributed by atoms with van der Waals surface area (Å²) in [6.45, 7) is 2.22. The first-order valence-corrected chi connectivity index (χ1v) is 28.6. The number of nitrogens with two attached hydrogens (primary N) is 4. The molecule has 0 aliphatic heterocycles. The second-order valence-corrected chi connectivity index (χ2v) is 20.1. The van der Waals surface area contributed by atoms with E-state index < -0.39 is 121 Å². The highest BCUT2D eigenvalue weighted by Crippen LogP contribution is 2.14. The van der Waals surface area contributed by atoms with Gasteiger partial charge < -0.3 is 91.4 Å². The SMILES string of the molecule is CCCCCCCCCCCCCCCC(=O)N[C@@H](CO)C(=O)N[C@@H](CCCNC(=N)N)C(=O)N[C@@H](CCC(=O)O)C(=O)N[C@@H](CCCCN)C(=O)N[C@@H](CCCNC(=N)N)C(=O)N[C@@H](CCCNC(=N)N)C(=O)N[C@@H](CO)C(C)=O. The highest BCUT2D eigenvalue weighted by atomic mass is 16.4. The van der Waals surface area contributed by atoms with Gasteiger partial charge in [0.05, 0.1) is 13.2 Å². The Balaban J connectivity index is 6.47. The third-order valence-corrected chi connectivity index (χ3v) is 13.0. The Morgan fingerprint density at radius 1 is 0.395 bits per heavy atom.